The Kier molecular flexibility index (Phi) is 5.10. The second-order valence-corrected chi connectivity index (χ2v) is 7.44. The molecule has 1 fully saturated rings. The minimum atomic E-state index is -4.53. The van der Waals surface area contributed by atoms with Gasteiger partial charge in [0, 0.05) is 32.3 Å². The number of aromatic nitrogens is 2. The number of carbonyl (C=O) groups is 1. The number of nitrogens with two attached hydrogens (primary N) is 1. The standard InChI is InChI=1S/C19H25F3N4O/c1-13-12-26(24-17(13)19(20,21)22)18(10-9-16(23)27)15(8-5-11-25(18)2)14-6-3-4-7-14/h5,8,11-12,14H,3-4,6-7,9-10H2,1-2H3,(H2,23,27)/t18-/m0/s1. The fourth-order valence-electron chi connectivity index (χ4n) is 4.39. The lowest BCUT2D eigenvalue weighted by atomic mass is 9.81. The van der Waals surface area contributed by atoms with Crippen LogP contribution in [0.4, 0.5) is 13.2 Å². The van der Waals surface area contributed by atoms with Gasteiger partial charge in [0.25, 0.3) is 0 Å². The molecule has 1 saturated carbocycles. The van der Waals surface area contributed by atoms with Gasteiger partial charge in [-0.2, -0.15) is 18.3 Å². The maximum absolute atomic E-state index is 13.4. The van der Waals surface area contributed by atoms with E-state index in [4.69, 9.17) is 5.73 Å². The van der Waals surface area contributed by atoms with Crippen LogP contribution in [-0.2, 0) is 16.6 Å². The van der Waals surface area contributed by atoms with Gasteiger partial charge in [0.05, 0.1) is 0 Å². The Hall–Kier alpha value is -2.25. The zero-order chi connectivity index (χ0) is 19.8. The van der Waals surface area contributed by atoms with E-state index in [9.17, 15) is 18.0 Å². The number of aryl methyl sites for hydroxylation is 1. The number of halogens is 3. The average Bonchev–Trinajstić information content (AvgIpc) is 3.22. The molecule has 1 amide bonds. The molecule has 1 atom stereocenters. The van der Waals surface area contributed by atoms with Gasteiger partial charge in [-0.25, -0.2) is 4.68 Å². The average molecular weight is 382 g/mol. The van der Waals surface area contributed by atoms with Crippen LogP contribution in [0.15, 0.2) is 30.1 Å². The Balaban J connectivity index is 2.15. The number of carbonyl (C=O) groups excluding carboxylic acids is 1. The van der Waals surface area contributed by atoms with E-state index < -0.39 is 23.4 Å². The van der Waals surface area contributed by atoms with E-state index in [1.807, 2.05) is 30.3 Å². The van der Waals surface area contributed by atoms with Gasteiger partial charge in [-0.1, -0.05) is 18.9 Å². The van der Waals surface area contributed by atoms with E-state index in [0.717, 1.165) is 31.3 Å². The third kappa shape index (κ3) is 3.49. The summed E-state index contributed by atoms with van der Waals surface area (Å²) >= 11 is 0. The molecular formula is C19H25F3N4O. The summed E-state index contributed by atoms with van der Waals surface area (Å²) in [5.41, 5.74) is 4.60. The van der Waals surface area contributed by atoms with Crippen LogP contribution in [0.3, 0.4) is 0 Å². The molecule has 0 saturated heterocycles. The lowest BCUT2D eigenvalue weighted by Crippen LogP contribution is -2.51. The first-order chi connectivity index (χ1) is 12.7. The van der Waals surface area contributed by atoms with E-state index in [-0.39, 0.29) is 24.3 Å². The Morgan fingerprint density at radius 1 is 1.37 bits per heavy atom. The summed E-state index contributed by atoms with van der Waals surface area (Å²) < 4.78 is 41.5. The monoisotopic (exact) mass is 382 g/mol. The van der Waals surface area contributed by atoms with Crippen molar-refractivity contribution < 1.29 is 18.0 Å². The molecule has 27 heavy (non-hydrogen) atoms. The highest BCUT2D eigenvalue weighted by Crippen LogP contribution is 2.46. The Morgan fingerprint density at radius 3 is 2.59 bits per heavy atom. The van der Waals surface area contributed by atoms with Crippen molar-refractivity contribution in [2.45, 2.75) is 57.3 Å². The number of likely N-dealkylation sites (N-methyl/N-ethyl adjacent to an activating group) is 1. The molecule has 0 radical (unpaired) electrons. The maximum Gasteiger partial charge on any atom is 0.435 e. The zero-order valence-electron chi connectivity index (χ0n) is 15.6. The maximum atomic E-state index is 13.4. The third-order valence-electron chi connectivity index (χ3n) is 5.69. The number of rotatable bonds is 5. The largest absolute Gasteiger partial charge is 0.435 e. The van der Waals surface area contributed by atoms with Crippen LogP contribution in [0.1, 0.15) is 49.8 Å². The van der Waals surface area contributed by atoms with E-state index in [0.29, 0.717) is 0 Å². The van der Waals surface area contributed by atoms with Crippen LogP contribution in [-0.4, -0.2) is 27.6 Å². The van der Waals surface area contributed by atoms with Crippen LogP contribution in [0.5, 0.6) is 0 Å². The fourth-order valence-corrected chi connectivity index (χ4v) is 4.39. The highest BCUT2D eigenvalue weighted by molar-refractivity contribution is 5.73. The van der Waals surface area contributed by atoms with E-state index in [2.05, 4.69) is 5.10 Å². The molecule has 1 aliphatic heterocycles. The molecule has 0 unspecified atom stereocenters. The second-order valence-electron chi connectivity index (χ2n) is 7.44. The highest BCUT2D eigenvalue weighted by atomic mass is 19.4. The first kappa shape index (κ1) is 19.5. The predicted octanol–water partition coefficient (Wildman–Crippen LogP) is 3.70. The lowest BCUT2D eigenvalue weighted by Gasteiger charge is -2.47. The van der Waals surface area contributed by atoms with Crippen molar-refractivity contribution in [3.05, 3.63) is 41.4 Å². The molecule has 0 bridgehead atoms. The molecule has 0 aromatic carbocycles. The van der Waals surface area contributed by atoms with Crippen molar-refractivity contribution in [1.82, 2.24) is 14.7 Å². The van der Waals surface area contributed by atoms with Gasteiger partial charge in [-0.05, 0) is 42.9 Å². The van der Waals surface area contributed by atoms with E-state index in [1.165, 1.54) is 17.8 Å². The quantitative estimate of drug-likeness (QED) is 0.844. The summed E-state index contributed by atoms with van der Waals surface area (Å²) in [6, 6.07) is 0. The van der Waals surface area contributed by atoms with Crippen LogP contribution in [0, 0.1) is 12.8 Å². The van der Waals surface area contributed by atoms with Crippen LogP contribution in [0.2, 0.25) is 0 Å². The van der Waals surface area contributed by atoms with Crippen molar-refractivity contribution >= 4 is 5.91 Å². The van der Waals surface area contributed by atoms with Crippen molar-refractivity contribution in [3.8, 4) is 0 Å². The summed E-state index contributed by atoms with van der Waals surface area (Å²) in [4.78, 5) is 13.4. The van der Waals surface area contributed by atoms with Gasteiger partial charge in [-0.3, -0.25) is 4.79 Å². The molecular weight excluding hydrogens is 357 g/mol. The molecule has 2 N–H and O–H groups in total. The Labute approximate surface area is 156 Å². The molecule has 2 aliphatic rings. The molecule has 3 rings (SSSR count). The van der Waals surface area contributed by atoms with Crippen LogP contribution >= 0.6 is 0 Å². The number of hydrogen-bond donors (Lipinski definition) is 1. The van der Waals surface area contributed by atoms with Crippen molar-refractivity contribution in [2.24, 2.45) is 11.7 Å². The number of hydrogen-bond acceptors (Lipinski definition) is 3. The number of nitrogens with zero attached hydrogens (tertiary/aromatic N) is 3. The first-order valence-corrected chi connectivity index (χ1v) is 9.20. The molecule has 0 spiro atoms. The summed E-state index contributed by atoms with van der Waals surface area (Å²) in [6.45, 7) is 1.41. The highest BCUT2D eigenvalue weighted by Gasteiger charge is 2.46. The molecule has 1 aromatic rings. The molecule has 5 nitrogen and oxygen atoms in total. The van der Waals surface area contributed by atoms with E-state index >= 15 is 0 Å². The SMILES string of the molecule is Cc1cn([C@@]2(CCC(N)=O)C(C3CCCC3)=CC=CN2C)nc1C(F)(F)F. The van der Waals surface area contributed by atoms with Gasteiger partial charge in [-0.15, -0.1) is 0 Å². The molecule has 1 aliphatic carbocycles. The summed E-state index contributed by atoms with van der Waals surface area (Å²) in [6.07, 6.45) is 7.06. The van der Waals surface area contributed by atoms with Crippen molar-refractivity contribution in [3.63, 3.8) is 0 Å². The smallest absolute Gasteiger partial charge is 0.370 e. The van der Waals surface area contributed by atoms with Gasteiger partial charge in [0.1, 0.15) is 0 Å². The van der Waals surface area contributed by atoms with Crippen molar-refractivity contribution in [1.29, 1.82) is 0 Å². The third-order valence-corrected chi connectivity index (χ3v) is 5.69. The number of alkyl halides is 3. The van der Waals surface area contributed by atoms with Gasteiger partial charge < -0.3 is 10.6 Å². The minimum Gasteiger partial charge on any atom is -0.370 e. The van der Waals surface area contributed by atoms with Gasteiger partial charge in [0.2, 0.25) is 5.91 Å². The lowest BCUT2D eigenvalue weighted by molar-refractivity contribution is -0.142. The number of amides is 1. The molecule has 148 valence electrons. The zero-order valence-corrected chi connectivity index (χ0v) is 15.6. The Morgan fingerprint density at radius 2 is 2.04 bits per heavy atom. The van der Waals surface area contributed by atoms with Crippen LogP contribution in [0.25, 0.3) is 0 Å². The number of primary amides is 1. The summed E-state index contributed by atoms with van der Waals surface area (Å²) in [5, 5.41) is 3.95. The predicted molar refractivity (Wildman–Crippen MR) is 95.3 cm³/mol. The molecule has 8 heteroatoms. The summed E-state index contributed by atoms with van der Waals surface area (Å²) in [5.74, 6) is -0.229. The number of allylic oxidation sites excluding steroid dienone is 2. The summed E-state index contributed by atoms with van der Waals surface area (Å²) in [7, 11) is 1.81. The second kappa shape index (κ2) is 7.05. The first-order valence-electron chi connectivity index (χ1n) is 9.20. The minimum absolute atomic E-state index is 0.0580. The van der Waals surface area contributed by atoms with Crippen LogP contribution < -0.4 is 5.73 Å². The fraction of sp³-hybridized carbons (Fsp3) is 0.579. The Bertz CT molecular complexity index is 774. The molecule has 1 aromatic heterocycles. The van der Waals surface area contributed by atoms with E-state index in [1.54, 1.807) is 0 Å². The van der Waals surface area contributed by atoms with Gasteiger partial charge >= 0.3 is 6.18 Å². The molecule has 2 heterocycles. The van der Waals surface area contributed by atoms with Crippen molar-refractivity contribution in [2.75, 3.05) is 7.05 Å². The normalized spacial score (nSPS) is 23.7. The van der Waals surface area contributed by atoms with Gasteiger partial charge in [0.15, 0.2) is 11.4 Å². The topological polar surface area (TPSA) is 64.2 Å².